The summed E-state index contributed by atoms with van der Waals surface area (Å²) in [5.74, 6) is 0. The highest BCUT2D eigenvalue weighted by molar-refractivity contribution is 8.10. The zero-order valence-corrected chi connectivity index (χ0v) is 12.2. The predicted molar refractivity (Wildman–Crippen MR) is 80.3 cm³/mol. The van der Waals surface area contributed by atoms with Gasteiger partial charge in [0.1, 0.15) is 4.32 Å². The first kappa shape index (κ1) is 13.6. The topological polar surface area (TPSA) is 15.3 Å². The number of rotatable bonds is 3. The van der Waals surface area contributed by atoms with Crippen molar-refractivity contribution < 1.29 is 0 Å². The molecule has 2 rings (SSSR count). The smallest absolute Gasteiger partial charge is 0.147 e. The van der Waals surface area contributed by atoms with Gasteiger partial charge in [-0.3, -0.25) is 5.01 Å². The molecule has 0 bridgehead atoms. The number of thiocarbonyl (C=S) groups is 1. The van der Waals surface area contributed by atoms with Gasteiger partial charge in [0.15, 0.2) is 0 Å². The van der Waals surface area contributed by atoms with Crippen molar-refractivity contribution in [2.24, 2.45) is 0 Å². The molecule has 0 amide bonds. The molecule has 1 N–H and O–H groups in total. The van der Waals surface area contributed by atoms with Crippen molar-refractivity contribution in [3.63, 3.8) is 0 Å². The first-order valence-electron chi connectivity index (χ1n) is 7.05. The van der Waals surface area contributed by atoms with Gasteiger partial charge < -0.3 is 0 Å². The van der Waals surface area contributed by atoms with Gasteiger partial charge in [-0.1, -0.05) is 50.7 Å². The first-order valence-corrected chi connectivity index (χ1v) is 7.91. The van der Waals surface area contributed by atoms with Crippen molar-refractivity contribution in [1.29, 1.82) is 0 Å². The van der Waals surface area contributed by atoms with Crippen molar-refractivity contribution in [2.45, 2.75) is 76.3 Å². The second-order valence-corrected chi connectivity index (χ2v) is 6.52. The van der Waals surface area contributed by atoms with E-state index in [1.54, 1.807) is 0 Å². The highest BCUT2D eigenvalue weighted by Crippen LogP contribution is 2.24. The fraction of sp³-hybridized carbons (Fsp3) is 0.923. The van der Waals surface area contributed by atoms with E-state index in [4.69, 9.17) is 12.2 Å². The Balaban J connectivity index is 1.88. The molecule has 4 heteroatoms. The van der Waals surface area contributed by atoms with Crippen LogP contribution >= 0.6 is 24.8 Å². The molecular formula is C13H24N2S2. The van der Waals surface area contributed by atoms with Crippen molar-refractivity contribution in [3.05, 3.63) is 0 Å². The Kier molecular flexibility index (Phi) is 5.57. The standard InChI is InChI=1S/C13H24N2S2/c16-13(17)15(12-9-5-2-6-10-12)14-11-7-3-1-4-8-11/h11-12,14H,1-10H2,(H,16,17). The molecule has 0 atom stereocenters. The van der Waals surface area contributed by atoms with Crippen LogP contribution in [0.2, 0.25) is 0 Å². The van der Waals surface area contributed by atoms with E-state index in [9.17, 15) is 0 Å². The molecule has 0 aromatic carbocycles. The van der Waals surface area contributed by atoms with E-state index >= 15 is 0 Å². The van der Waals surface area contributed by atoms with Crippen LogP contribution in [0.4, 0.5) is 0 Å². The van der Waals surface area contributed by atoms with E-state index in [0.29, 0.717) is 12.1 Å². The van der Waals surface area contributed by atoms with Gasteiger partial charge in [-0.25, -0.2) is 5.43 Å². The highest BCUT2D eigenvalue weighted by Gasteiger charge is 2.25. The van der Waals surface area contributed by atoms with E-state index in [1.807, 2.05) is 0 Å². The van der Waals surface area contributed by atoms with Crippen LogP contribution < -0.4 is 5.43 Å². The lowest BCUT2D eigenvalue weighted by Gasteiger charge is -2.38. The summed E-state index contributed by atoms with van der Waals surface area (Å²) in [5, 5.41) is 2.19. The lowest BCUT2D eigenvalue weighted by molar-refractivity contribution is 0.149. The quantitative estimate of drug-likeness (QED) is 0.463. The maximum absolute atomic E-state index is 5.29. The number of hydrogen-bond donors (Lipinski definition) is 2. The first-order chi connectivity index (χ1) is 8.27. The predicted octanol–water partition coefficient (Wildman–Crippen LogP) is 3.67. The van der Waals surface area contributed by atoms with Crippen LogP contribution in [-0.4, -0.2) is 21.4 Å². The van der Waals surface area contributed by atoms with Gasteiger partial charge in [0.25, 0.3) is 0 Å². The number of nitrogens with one attached hydrogen (secondary N) is 1. The van der Waals surface area contributed by atoms with Gasteiger partial charge in [0.05, 0.1) is 0 Å². The summed E-state index contributed by atoms with van der Waals surface area (Å²) in [6.07, 6.45) is 13.3. The molecule has 17 heavy (non-hydrogen) atoms. The minimum absolute atomic E-state index is 0.579. The average molecular weight is 272 g/mol. The van der Waals surface area contributed by atoms with E-state index in [2.05, 4.69) is 23.1 Å². The molecule has 2 aliphatic rings. The summed E-state index contributed by atoms with van der Waals surface area (Å²) in [4.78, 5) is 0. The second kappa shape index (κ2) is 6.95. The Hall–Kier alpha value is 0.200. The third kappa shape index (κ3) is 4.11. The second-order valence-electron chi connectivity index (χ2n) is 5.41. The lowest BCUT2D eigenvalue weighted by Crippen LogP contribution is -2.52. The Morgan fingerprint density at radius 3 is 2.00 bits per heavy atom. The Morgan fingerprint density at radius 1 is 0.941 bits per heavy atom. The van der Waals surface area contributed by atoms with Crippen LogP contribution in [-0.2, 0) is 0 Å². The summed E-state index contributed by atoms with van der Waals surface area (Å²) >= 11 is 9.69. The van der Waals surface area contributed by atoms with Gasteiger partial charge in [-0.2, -0.15) is 0 Å². The Bertz CT molecular complexity index is 246. The zero-order valence-electron chi connectivity index (χ0n) is 10.5. The molecule has 0 aromatic heterocycles. The molecule has 2 nitrogen and oxygen atoms in total. The normalized spacial score (nSPS) is 23.6. The molecule has 0 aliphatic heterocycles. The van der Waals surface area contributed by atoms with E-state index < -0.39 is 0 Å². The molecule has 0 heterocycles. The fourth-order valence-electron chi connectivity index (χ4n) is 3.08. The Labute approximate surface area is 116 Å². The molecule has 2 saturated carbocycles. The lowest BCUT2D eigenvalue weighted by atomic mass is 9.94. The number of hydrazine groups is 1. The maximum Gasteiger partial charge on any atom is 0.147 e. The van der Waals surface area contributed by atoms with Crippen LogP contribution in [0.15, 0.2) is 0 Å². The largest absolute Gasteiger partial charge is 0.290 e. The molecule has 0 radical (unpaired) electrons. The SMILES string of the molecule is S=C(S)N(NC1CCCCC1)C1CCCCC1. The average Bonchev–Trinajstić information content (AvgIpc) is 2.38. The van der Waals surface area contributed by atoms with Crippen LogP contribution in [0.1, 0.15) is 64.2 Å². The molecule has 0 spiro atoms. The van der Waals surface area contributed by atoms with Gasteiger partial charge in [-0.15, -0.1) is 12.6 Å². The molecule has 98 valence electrons. The molecular weight excluding hydrogens is 248 g/mol. The van der Waals surface area contributed by atoms with Crippen molar-refractivity contribution in [1.82, 2.24) is 10.4 Å². The third-order valence-electron chi connectivity index (χ3n) is 4.07. The van der Waals surface area contributed by atoms with Crippen molar-refractivity contribution in [2.75, 3.05) is 0 Å². The summed E-state index contributed by atoms with van der Waals surface area (Å²) in [5.41, 5.74) is 3.64. The Morgan fingerprint density at radius 2 is 1.47 bits per heavy atom. The number of thiol groups is 1. The van der Waals surface area contributed by atoms with E-state index in [1.165, 1.54) is 64.2 Å². The summed E-state index contributed by atoms with van der Waals surface area (Å²) in [6.45, 7) is 0. The number of hydrogen-bond acceptors (Lipinski definition) is 2. The van der Waals surface area contributed by atoms with Crippen LogP contribution in [0.25, 0.3) is 0 Å². The van der Waals surface area contributed by atoms with Crippen molar-refractivity contribution >= 4 is 29.2 Å². The maximum atomic E-state index is 5.29. The monoisotopic (exact) mass is 272 g/mol. The molecule has 2 aliphatic carbocycles. The molecule has 0 unspecified atom stereocenters. The minimum atomic E-state index is 0.579. The summed E-state index contributed by atoms with van der Waals surface area (Å²) in [6, 6.07) is 1.20. The van der Waals surface area contributed by atoms with E-state index in [-0.39, 0.29) is 0 Å². The number of nitrogens with zero attached hydrogens (tertiary/aromatic N) is 1. The van der Waals surface area contributed by atoms with Crippen LogP contribution in [0, 0.1) is 0 Å². The van der Waals surface area contributed by atoms with Gasteiger partial charge in [-0.05, 0) is 25.7 Å². The van der Waals surface area contributed by atoms with Gasteiger partial charge in [0.2, 0.25) is 0 Å². The molecule has 2 fully saturated rings. The third-order valence-corrected chi connectivity index (χ3v) is 4.48. The highest BCUT2D eigenvalue weighted by atomic mass is 32.1. The van der Waals surface area contributed by atoms with Gasteiger partial charge >= 0.3 is 0 Å². The summed E-state index contributed by atoms with van der Waals surface area (Å²) in [7, 11) is 0. The molecule has 0 aromatic rings. The fourth-order valence-corrected chi connectivity index (χ4v) is 3.51. The van der Waals surface area contributed by atoms with Crippen molar-refractivity contribution in [3.8, 4) is 0 Å². The van der Waals surface area contributed by atoms with Crippen LogP contribution in [0.5, 0.6) is 0 Å². The minimum Gasteiger partial charge on any atom is -0.290 e. The van der Waals surface area contributed by atoms with E-state index in [0.717, 1.165) is 4.32 Å². The van der Waals surface area contributed by atoms with Gasteiger partial charge in [0, 0.05) is 12.1 Å². The molecule has 0 saturated heterocycles. The zero-order chi connectivity index (χ0) is 12.1. The summed E-state index contributed by atoms with van der Waals surface area (Å²) < 4.78 is 0.725. The van der Waals surface area contributed by atoms with Crippen LogP contribution in [0.3, 0.4) is 0 Å².